The van der Waals surface area contributed by atoms with Gasteiger partial charge in [-0.15, -0.1) is 5.10 Å². The van der Waals surface area contributed by atoms with E-state index in [9.17, 15) is 9.59 Å². The minimum absolute atomic E-state index is 0.0479. The molecule has 0 aliphatic carbocycles. The third-order valence-electron chi connectivity index (χ3n) is 2.55. The molecule has 1 aromatic heterocycles. The zero-order valence-electron chi connectivity index (χ0n) is 12.2. The molecule has 2 N–H and O–H groups in total. The number of aromatic nitrogens is 2. The van der Waals surface area contributed by atoms with Crippen LogP contribution in [0.4, 0.5) is 5.69 Å². The van der Waals surface area contributed by atoms with Crippen LogP contribution in [-0.2, 0) is 9.53 Å². The fourth-order valence-corrected chi connectivity index (χ4v) is 1.48. The molecule has 2 rings (SSSR count). The summed E-state index contributed by atoms with van der Waals surface area (Å²) < 4.78 is 4.57. The molecule has 2 aromatic rings. The summed E-state index contributed by atoms with van der Waals surface area (Å²) >= 11 is 0. The van der Waals surface area contributed by atoms with Crippen LogP contribution in [0.5, 0.6) is 0 Å². The van der Waals surface area contributed by atoms with E-state index in [1.165, 1.54) is 25.7 Å². The van der Waals surface area contributed by atoms with E-state index >= 15 is 0 Å². The molecule has 0 aliphatic rings. The van der Waals surface area contributed by atoms with Gasteiger partial charge in [-0.1, -0.05) is 18.2 Å². The topological polar surface area (TPSA) is 106 Å². The number of nitrogens with one attached hydrogen (secondary N) is 2. The highest BCUT2D eigenvalue weighted by Crippen LogP contribution is 2.03. The van der Waals surface area contributed by atoms with Crippen LogP contribution in [0, 0.1) is 0 Å². The van der Waals surface area contributed by atoms with Gasteiger partial charge in [0.25, 0.3) is 5.91 Å². The van der Waals surface area contributed by atoms with Gasteiger partial charge in [0.05, 0.1) is 19.0 Å². The summed E-state index contributed by atoms with van der Waals surface area (Å²) in [7, 11) is 1.18. The maximum absolute atomic E-state index is 12.0. The molecule has 116 valence electrons. The first-order chi connectivity index (χ1) is 11.2. The van der Waals surface area contributed by atoms with E-state index < -0.39 is 11.9 Å². The molecule has 1 aromatic carbocycles. The number of nitrogens with zero attached hydrogens (tertiary/aromatic N) is 3. The summed E-state index contributed by atoms with van der Waals surface area (Å²) in [5, 5.41) is 6.10. The van der Waals surface area contributed by atoms with Crippen LogP contribution in [0.25, 0.3) is 0 Å². The Morgan fingerprint density at radius 1 is 1.22 bits per heavy atom. The third kappa shape index (κ3) is 4.76. The number of para-hydroxylation sites is 1. The van der Waals surface area contributed by atoms with E-state index in [2.05, 4.69) is 36.4 Å². The number of esters is 1. The predicted molar refractivity (Wildman–Crippen MR) is 82.5 cm³/mol. The van der Waals surface area contributed by atoms with Crippen LogP contribution in [0.15, 0.2) is 59.7 Å². The van der Waals surface area contributed by atoms with Crippen LogP contribution in [0.2, 0.25) is 0 Å². The first-order valence-electron chi connectivity index (χ1n) is 6.50. The largest absolute Gasteiger partial charge is 0.464 e. The molecular formula is C15H13N5O3. The minimum atomic E-state index is -0.791. The van der Waals surface area contributed by atoms with Crippen molar-refractivity contribution < 1.29 is 14.3 Å². The Hall–Kier alpha value is -3.51. The Labute approximate surface area is 131 Å². The van der Waals surface area contributed by atoms with Crippen LogP contribution in [0.3, 0.4) is 0 Å². The Kier molecular flexibility index (Phi) is 5.56. The second kappa shape index (κ2) is 8.06. The second-order valence-corrected chi connectivity index (χ2v) is 4.11. The first-order valence-corrected chi connectivity index (χ1v) is 6.50. The number of amides is 1. The van der Waals surface area contributed by atoms with Crippen molar-refractivity contribution in [1.82, 2.24) is 15.3 Å². The smallest absolute Gasteiger partial charge is 0.364 e. The van der Waals surface area contributed by atoms with Crippen molar-refractivity contribution in [1.29, 1.82) is 0 Å². The van der Waals surface area contributed by atoms with Gasteiger partial charge in [0, 0.05) is 18.3 Å². The number of rotatable bonds is 5. The van der Waals surface area contributed by atoms with E-state index in [0.29, 0.717) is 5.69 Å². The van der Waals surface area contributed by atoms with Gasteiger partial charge in [-0.05, 0) is 12.1 Å². The zero-order chi connectivity index (χ0) is 16.5. The van der Waals surface area contributed by atoms with Gasteiger partial charge < -0.3 is 10.1 Å². The molecule has 0 radical (unpaired) electrons. The highest BCUT2D eigenvalue weighted by atomic mass is 16.5. The average molecular weight is 311 g/mol. The van der Waals surface area contributed by atoms with Crippen molar-refractivity contribution in [3.05, 3.63) is 60.3 Å². The van der Waals surface area contributed by atoms with Crippen molar-refractivity contribution in [2.24, 2.45) is 5.10 Å². The van der Waals surface area contributed by atoms with Crippen molar-refractivity contribution in [2.45, 2.75) is 0 Å². The van der Waals surface area contributed by atoms with Crippen LogP contribution >= 0.6 is 0 Å². The van der Waals surface area contributed by atoms with E-state index in [1.807, 2.05) is 18.2 Å². The maximum Gasteiger partial charge on any atom is 0.364 e. The summed E-state index contributed by atoms with van der Waals surface area (Å²) in [6.45, 7) is 0. The average Bonchev–Trinajstić information content (AvgIpc) is 2.61. The normalized spacial score (nSPS) is 9.26. The molecule has 23 heavy (non-hydrogen) atoms. The van der Waals surface area contributed by atoms with E-state index in [1.54, 1.807) is 12.1 Å². The standard InChI is InChI=1S/C15H13N5O3/c1-23-15(22)13(10-18-20-11-5-3-2-4-6-11)19-14(21)12-9-16-7-8-17-12/h2-9,20H,1H3,(H,19,21). The molecule has 0 saturated heterocycles. The Morgan fingerprint density at radius 2 is 2.00 bits per heavy atom. The van der Waals surface area contributed by atoms with Crippen molar-refractivity contribution in [3.8, 4) is 0 Å². The fourth-order valence-electron chi connectivity index (χ4n) is 1.48. The molecule has 1 heterocycles. The molecule has 8 heteroatoms. The molecule has 1 amide bonds. The summed E-state index contributed by atoms with van der Waals surface area (Å²) in [6.07, 6.45) is 4.06. The molecule has 0 aliphatic heterocycles. The van der Waals surface area contributed by atoms with Gasteiger partial charge in [0.2, 0.25) is 0 Å². The van der Waals surface area contributed by atoms with Gasteiger partial charge in [-0.25, -0.2) is 9.78 Å². The summed E-state index contributed by atoms with van der Waals surface area (Å²) in [4.78, 5) is 31.2. The lowest BCUT2D eigenvalue weighted by Crippen LogP contribution is -2.29. The number of hydrazone groups is 1. The number of ether oxygens (including phenoxy) is 1. The molecule has 0 fully saturated rings. The van der Waals surface area contributed by atoms with Crippen LogP contribution in [0.1, 0.15) is 10.5 Å². The molecular weight excluding hydrogens is 298 g/mol. The van der Waals surface area contributed by atoms with Gasteiger partial charge >= 0.3 is 5.97 Å². The third-order valence-corrected chi connectivity index (χ3v) is 2.55. The maximum atomic E-state index is 12.0. The highest BCUT2D eigenvalue weighted by Gasteiger charge is 2.15. The summed E-state index contributed by atoms with van der Waals surface area (Å²) in [6, 6.07) is 9.05. The number of benzene rings is 1. The van der Waals surface area contributed by atoms with E-state index in [0.717, 1.165) is 0 Å². The van der Waals surface area contributed by atoms with E-state index in [-0.39, 0.29) is 11.4 Å². The zero-order valence-corrected chi connectivity index (χ0v) is 12.2. The second-order valence-electron chi connectivity index (χ2n) is 4.11. The summed E-state index contributed by atoms with van der Waals surface area (Å²) in [5.41, 5.74) is 3.16. The fraction of sp³-hybridized carbons (Fsp3) is 0.0667. The number of carbonyl (C=O) groups excluding carboxylic acids is 2. The lowest BCUT2D eigenvalue weighted by molar-refractivity contribution is -0.136. The number of hydrogen-bond donors (Lipinski definition) is 2. The molecule has 0 atom stereocenters. The van der Waals surface area contributed by atoms with E-state index in [4.69, 9.17) is 0 Å². The van der Waals surface area contributed by atoms with Gasteiger partial charge in [0.15, 0.2) is 5.70 Å². The lowest BCUT2D eigenvalue weighted by Gasteiger charge is -2.04. The monoisotopic (exact) mass is 311 g/mol. The number of anilines is 1. The lowest BCUT2D eigenvalue weighted by atomic mass is 10.3. The predicted octanol–water partition coefficient (Wildman–Crippen LogP) is 0.960. The number of hydrogen-bond acceptors (Lipinski definition) is 7. The summed E-state index contributed by atoms with van der Waals surface area (Å²) in [5.74, 6) is 0.980. The Morgan fingerprint density at radius 3 is 2.65 bits per heavy atom. The number of carbonyl (C=O) groups is 2. The molecule has 8 nitrogen and oxygen atoms in total. The van der Waals surface area contributed by atoms with Crippen LogP contribution in [-0.4, -0.2) is 34.8 Å². The van der Waals surface area contributed by atoms with Gasteiger partial charge in [0.1, 0.15) is 5.69 Å². The van der Waals surface area contributed by atoms with Gasteiger partial charge in [-0.2, -0.15) is 0 Å². The van der Waals surface area contributed by atoms with Crippen LogP contribution < -0.4 is 10.7 Å². The number of methoxy groups -OCH3 is 1. The first kappa shape index (κ1) is 15.9. The Bertz CT molecular complexity index is 740. The SMILES string of the molecule is COC(=O)C(=C=NNc1ccccc1)NC(=O)c1cnccn1. The molecule has 0 unspecified atom stereocenters. The van der Waals surface area contributed by atoms with Crippen molar-refractivity contribution in [3.63, 3.8) is 0 Å². The molecule has 0 saturated carbocycles. The van der Waals surface area contributed by atoms with Gasteiger partial charge in [-0.3, -0.25) is 15.2 Å². The Balaban J connectivity index is 2.15. The molecule has 0 spiro atoms. The quantitative estimate of drug-likeness (QED) is 0.369. The highest BCUT2D eigenvalue weighted by molar-refractivity contribution is 6.04. The van der Waals surface area contributed by atoms with Crippen molar-refractivity contribution >= 4 is 23.4 Å². The minimum Gasteiger partial charge on any atom is -0.464 e. The molecule has 0 bridgehead atoms. The van der Waals surface area contributed by atoms with Crippen molar-refractivity contribution in [2.75, 3.05) is 12.5 Å².